The zero-order valence-electron chi connectivity index (χ0n) is 18.7. The van der Waals surface area contributed by atoms with Gasteiger partial charge in [0.2, 0.25) is 5.91 Å². The van der Waals surface area contributed by atoms with Gasteiger partial charge >= 0.3 is 0 Å². The maximum Gasteiger partial charge on any atom is 0.247 e. The molecule has 0 bridgehead atoms. The first kappa shape index (κ1) is 22.5. The summed E-state index contributed by atoms with van der Waals surface area (Å²) in [5.74, 6) is -2.26. The van der Waals surface area contributed by atoms with Crippen LogP contribution in [-0.2, 0) is 17.6 Å². The molecule has 1 amide bonds. The maximum absolute atomic E-state index is 15.0. The van der Waals surface area contributed by atoms with Crippen LogP contribution in [0, 0.1) is 18.6 Å². The summed E-state index contributed by atoms with van der Waals surface area (Å²) in [7, 11) is 2.68. The fraction of sp³-hybridized carbons (Fsp3) is 0.280. The van der Waals surface area contributed by atoms with E-state index in [1.54, 1.807) is 0 Å². The number of ether oxygens (including phenoxy) is 2. The Hall–Kier alpha value is -3.68. The normalized spacial score (nSPS) is 15.0. The number of rotatable bonds is 6. The number of carbonyl (C=O) groups excluding carboxylic acids is 1. The SMILES string of the molecule is C=CC(=O)Nc1ccc(C)cc1-c1n[nH]c2c1CC[C@@H](c1c(F)c(OC)cc(OC)c1F)C2. The number of halogens is 2. The number of aryl methyl sites for hydroxylation is 1. The van der Waals surface area contributed by atoms with Crippen LogP contribution in [0.4, 0.5) is 14.5 Å². The van der Waals surface area contributed by atoms with Crippen molar-refractivity contribution in [1.29, 1.82) is 0 Å². The lowest BCUT2D eigenvalue weighted by Gasteiger charge is -2.25. The number of aromatic nitrogens is 2. The third-order valence-electron chi connectivity index (χ3n) is 6.04. The molecule has 6 nitrogen and oxygen atoms in total. The lowest BCUT2D eigenvalue weighted by Crippen LogP contribution is -2.16. The van der Waals surface area contributed by atoms with Gasteiger partial charge in [-0.05, 0) is 50.3 Å². The number of amides is 1. The molecule has 3 aromatic rings. The number of H-pyrrole nitrogens is 1. The number of aromatic amines is 1. The number of anilines is 1. The minimum absolute atomic E-state index is 0.0394. The molecule has 1 aliphatic rings. The Morgan fingerprint density at radius 2 is 1.91 bits per heavy atom. The molecular formula is C25H25F2N3O3. The molecule has 0 aliphatic heterocycles. The van der Waals surface area contributed by atoms with E-state index in [0.29, 0.717) is 24.9 Å². The van der Waals surface area contributed by atoms with E-state index in [-0.39, 0.29) is 23.0 Å². The Morgan fingerprint density at radius 3 is 2.55 bits per heavy atom. The van der Waals surface area contributed by atoms with Gasteiger partial charge in [0, 0.05) is 28.5 Å². The Morgan fingerprint density at radius 1 is 1.21 bits per heavy atom. The van der Waals surface area contributed by atoms with Gasteiger partial charge in [0.25, 0.3) is 0 Å². The number of methoxy groups -OCH3 is 2. The first-order valence-corrected chi connectivity index (χ1v) is 10.6. The van der Waals surface area contributed by atoms with Crippen molar-refractivity contribution < 1.29 is 23.0 Å². The molecule has 4 rings (SSSR count). The summed E-state index contributed by atoms with van der Waals surface area (Å²) in [6, 6.07) is 6.89. The van der Waals surface area contributed by atoms with Gasteiger partial charge < -0.3 is 14.8 Å². The highest BCUT2D eigenvalue weighted by Crippen LogP contribution is 2.43. The second-order valence-corrected chi connectivity index (χ2v) is 8.03. The van der Waals surface area contributed by atoms with Crippen molar-refractivity contribution >= 4 is 11.6 Å². The lowest BCUT2D eigenvalue weighted by molar-refractivity contribution is -0.111. The van der Waals surface area contributed by atoms with Gasteiger partial charge in [-0.2, -0.15) is 5.10 Å². The zero-order chi connectivity index (χ0) is 23.7. The highest BCUT2D eigenvalue weighted by atomic mass is 19.1. The Bertz CT molecular complexity index is 1210. The molecule has 2 aromatic carbocycles. The Kier molecular flexibility index (Phi) is 6.18. The molecule has 172 valence electrons. The summed E-state index contributed by atoms with van der Waals surface area (Å²) in [4.78, 5) is 11.9. The minimum atomic E-state index is -0.711. The van der Waals surface area contributed by atoms with Crippen LogP contribution >= 0.6 is 0 Å². The second-order valence-electron chi connectivity index (χ2n) is 8.03. The topological polar surface area (TPSA) is 76.2 Å². The van der Waals surface area contributed by atoms with Crippen molar-refractivity contribution in [3.8, 4) is 22.8 Å². The van der Waals surface area contributed by atoms with Crippen LogP contribution in [0.3, 0.4) is 0 Å². The number of nitrogens with one attached hydrogen (secondary N) is 2. The van der Waals surface area contributed by atoms with E-state index in [2.05, 4.69) is 22.1 Å². The summed E-state index contributed by atoms with van der Waals surface area (Å²) in [5.41, 5.74) is 4.88. The molecule has 0 saturated heterocycles. The van der Waals surface area contributed by atoms with Crippen molar-refractivity contribution in [2.24, 2.45) is 0 Å². The highest BCUT2D eigenvalue weighted by molar-refractivity contribution is 6.01. The standard InChI is InChI=1S/C25H25F2N3O3/c1-5-21(31)28-17-9-6-13(2)10-16(17)25-15-8-7-14(11-18(15)29-30-25)22-23(26)19(32-3)12-20(33-4)24(22)27/h5-6,9-10,12,14H,1,7-8,11H2,2-4H3,(H,28,31)(H,29,30)/t14-/m1/s1. The molecule has 0 radical (unpaired) electrons. The van der Waals surface area contributed by atoms with Gasteiger partial charge in [0.05, 0.1) is 25.6 Å². The monoisotopic (exact) mass is 453 g/mol. The maximum atomic E-state index is 15.0. The summed E-state index contributed by atoms with van der Waals surface area (Å²) in [6.45, 7) is 5.46. The number of hydrogen-bond donors (Lipinski definition) is 2. The number of hydrogen-bond acceptors (Lipinski definition) is 4. The highest BCUT2D eigenvalue weighted by Gasteiger charge is 2.32. The van der Waals surface area contributed by atoms with Crippen molar-refractivity contribution in [3.63, 3.8) is 0 Å². The number of nitrogens with zero attached hydrogens (tertiary/aromatic N) is 1. The van der Waals surface area contributed by atoms with Crippen LogP contribution in [0.2, 0.25) is 0 Å². The van der Waals surface area contributed by atoms with Crippen LogP contribution in [0.15, 0.2) is 36.9 Å². The molecule has 2 N–H and O–H groups in total. The van der Waals surface area contributed by atoms with E-state index in [1.807, 2.05) is 25.1 Å². The summed E-state index contributed by atoms with van der Waals surface area (Å²) in [6.07, 6.45) is 2.67. The van der Waals surface area contributed by atoms with Gasteiger partial charge in [-0.3, -0.25) is 9.89 Å². The zero-order valence-corrected chi connectivity index (χ0v) is 18.7. The van der Waals surface area contributed by atoms with Crippen LogP contribution < -0.4 is 14.8 Å². The predicted molar refractivity (Wildman–Crippen MR) is 122 cm³/mol. The van der Waals surface area contributed by atoms with E-state index in [0.717, 1.165) is 28.1 Å². The van der Waals surface area contributed by atoms with E-state index in [9.17, 15) is 4.79 Å². The largest absolute Gasteiger partial charge is 0.494 e. The van der Waals surface area contributed by atoms with Gasteiger partial charge in [-0.25, -0.2) is 8.78 Å². The quantitative estimate of drug-likeness (QED) is 0.511. The van der Waals surface area contributed by atoms with Crippen molar-refractivity contribution in [3.05, 3.63) is 70.9 Å². The molecule has 8 heteroatoms. The summed E-state index contributed by atoms with van der Waals surface area (Å²) in [5, 5.41) is 10.4. The molecular weight excluding hydrogens is 428 g/mol. The third-order valence-corrected chi connectivity index (χ3v) is 6.04. The number of carbonyl (C=O) groups is 1. The van der Waals surface area contributed by atoms with Crippen molar-refractivity contribution in [1.82, 2.24) is 10.2 Å². The van der Waals surface area contributed by atoms with Crippen LogP contribution in [0.25, 0.3) is 11.3 Å². The molecule has 0 spiro atoms. The van der Waals surface area contributed by atoms with Gasteiger partial charge in [0.1, 0.15) is 0 Å². The van der Waals surface area contributed by atoms with E-state index in [1.165, 1.54) is 26.4 Å². The van der Waals surface area contributed by atoms with Gasteiger partial charge in [-0.15, -0.1) is 0 Å². The summed E-state index contributed by atoms with van der Waals surface area (Å²) >= 11 is 0. The average Bonchev–Trinajstić information content (AvgIpc) is 3.23. The predicted octanol–water partition coefficient (Wildman–Crippen LogP) is 5.08. The molecule has 1 atom stereocenters. The smallest absolute Gasteiger partial charge is 0.247 e. The molecule has 0 fully saturated rings. The fourth-order valence-corrected chi connectivity index (χ4v) is 4.39. The summed E-state index contributed by atoms with van der Waals surface area (Å²) < 4.78 is 40.3. The lowest BCUT2D eigenvalue weighted by atomic mass is 9.81. The second kappa shape index (κ2) is 9.05. The first-order chi connectivity index (χ1) is 15.9. The van der Waals surface area contributed by atoms with Crippen LogP contribution in [-0.4, -0.2) is 30.3 Å². The van der Waals surface area contributed by atoms with Crippen LogP contribution in [0.1, 0.15) is 34.7 Å². The molecule has 1 heterocycles. The Balaban J connectivity index is 1.72. The van der Waals surface area contributed by atoms with Crippen LogP contribution in [0.5, 0.6) is 11.5 Å². The van der Waals surface area contributed by atoms with E-state index < -0.39 is 17.6 Å². The first-order valence-electron chi connectivity index (χ1n) is 10.6. The molecule has 1 aliphatic carbocycles. The molecule has 33 heavy (non-hydrogen) atoms. The average molecular weight is 453 g/mol. The van der Waals surface area contributed by atoms with Crippen molar-refractivity contribution in [2.75, 3.05) is 19.5 Å². The Labute approximate surface area is 190 Å². The molecule has 0 saturated carbocycles. The molecule has 1 aromatic heterocycles. The third kappa shape index (κ3) is 4.08. The minimum Gasteiger partial charge on any atom is -0.494 e. The van der Waals surface area contributed by atoms with Gasteiger partial charge in [0.15, 0.2) is 23.1 Å². The molecule has 0 unspecified atom stereocenters. The number of benzene rings is 2. The number of fused-ring (bicyclic) bond motifs is 1. The van der Waals surface area contributed by atoms with Gasteiger partial charge in [-0.1, -0.05) is 18.2 Å². The van der Waals surface area contributed by atoms with E-state index in [4.69, 9.17) is 9.47 Å². The van der Waals surface area contributed by atoms with E-state index >= 15 is 8.78 Å². The fourth-order valence-electron chi connectivity index (χ4n) is 4.39. The van der Waals surface area contributed by atoms with Crippen molar-refractivity contribution in [2.45, 2.75) is 32.1 Å².